The van der Waals surface area contributed by atoms with Gasteiger partial charge in [-0.05, 0) is 31.3 Å². The molecule has 0 aliphatic carbocycles. The molecule has 0 radical (unpaired) electrons. The maximum atomic E-state index is 11.5. The summed E-state index contributed by atoms with van der Waals surface area (Å²) in [6.45, 7) is 2.16. The Morgan fingerprint density at radius 2 is 2.26 bits per heavy atom. The highest BCUT2D eigenvalue weighted by atomic mass is 35.5. The fraction of sp³-hybridized carbons (Fsp3) is 0.182. The van der Waals surface area contributed by atoms with Gasteiger partial charge in [0.25, 0.3) is 0 Å². The van der Waals surface area contributed by atoms with Crippen molar-refractivity contribution in [2.45, 2.75) is 6.92 Å². The number of urea groups is 1. The minimum Gasteiger partial charge on any atom is -0.330 e. The third kappa shape index (κ3) is 3.55. The Morgan fingerprint density at radius 3 is 3.00 bits per heavy atom. The average Bonchev–Trinajstić information content (AvgIpc) is 2.37. The lowest BCUT2D eigenvalue weighted by molar-refractivity contribution is 0.192. The van der Waals surface area contributed by atoms with Crippen LogP contribution in [0.5, 0.6) is 0 Å². The summed E-state index contributed by atoms with van der Waals surface area (Å²) in [7, 11) is 0. The highest BCUT2D eigenvalue weighted by Gasteiger charge is 2.19. The number of thiocarbonyl (C=S) groups is 1. The van der Waals surface area contributed by atoms with Gasteiger partial charge in [0.1, 0.15) is 0 Å². The first-order valence-electron chi connectivity index (χ1n) is 5.49. The minimum absolute atomic E-state index is 0.276. The van der Waals surface area contributed by atoms with Crippen molar-refractivity contribution in [2.75, 3.05) is 11.9 Å². The molecule has 6 nitrogen and oxygen atoms in total. The van der Waals surface area contributed by atoms with Crippen molar-refractivity contribution < 1.29 is 4.79 Å². The Balaban J connectivity index is 1.97. The Labute approximate surface area is 120 Å². The molecule has 1 aromatic carbocycles. The predicted molar refractivity (Wildman–Crippen MR) is 79.2 cm³/mol. The monoisotopic (exact) mass is 297 g/mol. The number of anilines is 1. The third-order valence-corrected chi connectivity index (χ3v) is 2.86. The van der Waals surface area contributed by atoms with E-state index in [4.69, 9.17) is 23.8 Å². The molecule has 19 heavy (non-hydrogen) atoms. The van der Waals surface area contributed by atoms with E-state index >= 15 is 0 Å². The molecule has 0 atom stereocenters. The minimum atomic E-state index is -0.367. The van der Waals surface area contributed by atoms with Crippen LogP contribution in [-0.2, 0) is 0 Å². The Bertz CT molecular complexity index is 548. The van der Waals surface area contributed by atoms with Gasteiger partial charge in [-0.25, -0.2) is 15.2 Å². The van der Waals surface area contributed by atoms with E-state index in [-0.39, 0.29) is 11.1 Å². The van der Waals surface area contributed by atoms with Crippen molar-refractivity contribution in [3.63, 3.8) is 0 Å². The summed E-state index contributed by atoms with van der Waals surface area (Å²) < 4.78 is 0. The van der Waals surface area contributed by atoms with Crippen LogP contribution < -0.4 is 16.2 Å². The van der Waals surface area contributed by atoms with E-state index in [9.17, 15) is 4.79 Å². The van der Waals surface area contributed by atoms with Crippen LogP contribution >= 0.6 is 23.8 Å². The van der Waals surface area contributed by atoms with E-state index in [1.54, 1.807) is 19.1 Å². The zero-order valence-electron chi connectivity index (χ0n) is 10.1. The van der Waals surface area contributed by atoms with Crippen molar-refractivity contribution in [1.29, 1.82) is 0 Å². The molecular weight excluding hydrogens is 286 g/mol. The molecule has 1 heterocycles. The standard InChI is InChI=1S/C11H12ClN5OS/c1-7-6-17(11(18)15-14-7)16-10(19)13-9-5-3-2-4-8(9)12/h2-5H,6H2,1H3,(H,15,18)(H2,13,16,19). The highest BCUT2D eigenvalue weighted by molar-refractivity contribution is 7.80. The topological polar surface area (TPSA) is 68.8 Å². The smallest absolute Gasteiger partial charge is 0.330 e. The molecule has 1 aliphatic heterocycles. The second-order valence-electron chi connectivity index (χ2n) is 3.90. The number of rotatable bonds is 2. The van der Waals surface area contributed by atoms with E-state index in [2.05, 4.69) is 21.3 Å². The van der Waals surface area contributed by atoms with Gasteiger partial charge in [0, 0.05) is 0 Å². The zero-order valence-corrected chi connectivity index (χ0v) is 11.7. The molecule has 0 aromatic heterocycles. The lowest BCUT2D eigenvalue weighted by Crippen LogP contribution is -2.55. The van der Waals surface area contributed by atoms with Gasteiger partial charge in [-0.1, -0.05) is 23.7 Å². The summed E-state index contributed by atoms with van der Waals surface area (Å²) in [6.07, 6.45) is 0. The first kappa shape index (κ1) is 13.6. The number of amides is 2. The number of nitrogens with zero attached hydrogens (tertiary/aromatic N) is 2. The molecule has 3 N–H and O–H groups in total. The highest BCUT2D eigenvalue weighted by Crippen LogP contribution is 2.20. The second kappa shape index (κ2) is 5.85. The molecule has 2 amide bonds. The molecule has 0 saturated heterocycles. The van der Waals surface area contributed by atoms with Crippen LogP contribution in [-0.4, -0.2) is 28.4 Å². The predicted octanol–water partition coefficient (Wildman–Crippen LogP) is 1.94. The summed E-state index contributed by atoms with van der Waals surface area (Å²) in [5, 5.41) is 8.89. The fourth-order valence-electron chi connectivity index (χ4n) is 1.47. The molecule has 0 fully saturated rings. The summed E-state index contributed by atoms with van der Waals surface area (Å²) in [4.78, 5) is 11.5. The van der Waals surface area contributed by atoms with Crippen LogP contribution in [0.15, 0.2) is 29.4 Å². The number of para-hydroxylation sites is 1. The lowest BCUT2D eigenvalue weighted by atomic mass is 10.3. The normalized spacial score (nSPS) is 14.5. The maximum Gasteiger partial charge on any atom is 0.356 e. The van der Waals surface area contributed by atoms with Gasteiger partial charge in [-0.15, -0.1) is 0 Å². The summed E-state index contributed by atoms with van der Waals surface area (Å²) in [6, 6.07) is 6.83. The Kier molecular flexibility index (Phi) is 4.18. The van der Waals surface area contributed by atoms with Crippen molar-refractivity contribution in [1.82, 2.24) is 15.9 Å². The number of carbonyl (C=O) groups excluding carboxylic acids is 1. The molecule has 0 spiro atoms. The number of carbonyl (C=O) groups is 1. The van der Waals surface area contributed by atoms with Gasteiger partial charge in [-0.3, -0.25) is 5.43 Å². The number of nitrogens with one attached hydrogen (secondary N) is 3. The number of hydrazine groups is 1. The van der Waals surface area contributed by atoms with E-state index in [1.165, 1.54) is 5.01 Å². The van der Waals surface area contributed by atoms with Gasteiger partial charge in [0.15, 0.2) is 5.11 Å². The Hall–Kier alpha value is -1.86. The van der Waals surface area contributed by atoms with Crippen LogP contribution in [0, 0.1) is 0 Å². The van der Waals surface area contributed by atoms with Crippen molar-refractivity contribution in [3.8, 4) is 0 Å². The quantitative estimate of drug-likeness (QED) is 0.730. The van der Waals surface area contributed by atoms with Crippen LogP contribution in [0.4, 0.5) is 10.5 Å². The summed E-state index contributed by atoms with van der Waals surface area (Å²) in [5.41, 5.74) is 6.58. The zero-order chi connectivity index (χ0) is 13.8. The molecule has 8 heteroatoms. The molecular formula is C11H12ClN5OS. The van der Waals surface area contributed by atoms with Gasteiger partial charge in [0.05, 0.1) is 23.0 Å². The number of hydrogen-bond donors (Lipinski definition) is 3. The Morgan fingerprint density at radius 1 is 1.53 bits per heavy atom. The first-order chi connectivity index (χ1) is 9.06. The summed E-state index contributed by atoms with van der Waals surface area (Å²) >= 11 is 11.1. The number of hydrogen-bond acceptors (Lipinski definition) is 3. The molecule has 1 aliphatic rings. The van der Waals surface area contributed by atoms with Crippen molar-refractivity contribution in [3.05, 3.63) is 29.3 Å². The summed E-state index contributed by atoms with van der Waals surface area (Å²) in [5.74, 6) is 0. The molecule has 0 saturated carbocycles. The second-order valence-corrected chi connectivity index (χ2v) is 4.71. The van der Waals surface area contributed by atoms with Crippen LogP contribution in [0.25, 0.3) is 0 Å². The lowest BCUT2D eigenvalue weighted by Gasteiger charge is -2.27. The number of hydrazone groups is 1. The SMILES string of the molecule is CC1=NNC(=O)N(NC(=S)Nc2ccccc2Cl)C1. The molecule has 100 valence electrons. The van der Waals surface area contributed by atoms with Gasteiger partial charge in [-0.2, -0.15) is 5.10 Å². The van der Waals surface area contributed by atoms with E-state index in [0.717, 1.165) is 5.71 Å². The van der Waals surface area contributed by atoms with E-state index < -0.39 is 0 Å². The number of benzene rings is 1. The number of halogens is 1. The first-order valence-corrected chi connectivity index (χ1v) is 6.28. The van der Waals surface area contributed by atoms with Crippen LogP contribution in [0.3, 0.4) is 0 Å². The fourth-order valence-corrected chi connectivity index (χ4v) is 1.87. The van der Waals surface area contributed by atoms with Crippen molar-refractivity contribution >= 4 is 46.4 Å². The van der Waals surface area contributed by atoms with E-state index in [1.807, 2.05) is 12.1 Å². The van der Waals surface area contributed by atoms with Gasteiger partial charge in [0.2, 0.25) is 0 Å². The third-order valence-electron chi connectivity index (χ3n) is 2.33. The van der Waals surface area contributed by atoms with Gasteiger partial charge >= 0.3 is 6.03 Å². The van der Waals surface area contributed by atoms with Crippen molar-refractivity contribution in [2.24, 2.45) is 5.10 Å². The van der Waals surface area contributed by atoms with Crippen LogP contribution in [0.1, 0.15) is 6.92 Å². The van der Waals surface area contributed by atoms with E-state index in [0.29, 0.717) is 17.3 Å². The molecule has 0 unspecified atom stereocenters. The average molecular weight is 298 g/mol. The molecule has 1 aromatic rings. The van der Waals surface area contributed by atoms with Crippen LogP contribution in [0.2, 0.25) is 5.02 Å². The maximum absolute atomic E-state index is 11.5. The molecule has 0 bridgehead atoms. The van der Waals surface area contributed by atoms with Gasteiger partial charge < -0.3 is 5.32 Å². The molecule has 2 rings (SSSR count). The largest absolute Gasteiger partial charge is 0.356 e.